The second kappa shape index (κ2) is 5.85. The average Bonchev–Trinajstić information content (AvgIpc) is 2.40. The first-order valence-corrected chi connectivity index (χ1v) is 6.57. The van der Waals surface area contributed by atoms with E-state index in [-0.39, 0.29) is 22.4 Å². The lowest BCUT2D eigenvalue weighted by Gasteiger charge is -2.07. The lowest BCUT2D eigenvalue weighted by atomic mass is 10.2. The monoisotopic (exact) mass is 291 g/mol. The van der Waals surface area contributed by atoms with Gasteiger partial charge in [0.25, 0.3) is 0 Å². The summed E-state index contributed by atoms with van der Waals surface area (Å²) in [7, 11) is 0. The van der Waals surface area contributed by atoms with E-state index >= 15 is 0 Å². The molecule has 0 radical (unpaired) electrons. The van der Waals surface area contributed by atoms with Crippen molar-refractivity contribution in [2.45, 2.75) is 23.8 Å². The number of aromatic nitrogens is 2. The SMILES string of the molecule is Cc1ccc(Sc2nc(NN)nc(C)c2[N+](=O)[O-])cc1. The Hall–Kier alpha value is -2.19. The van der Waals surface area contributed by atoms with Crippen LogP contribution in [0.2, 0.25) is 0 Å². The summed E-state index contributed by atoms with van der Waals surface area (Å²) in [6, 6.07) is 7.64. The summed E-state index contributed by atoms with van der Waals surface area (Å²) in [5, 5.41) is 11.4. The first kappa shape index (κ1) is 14.2. The molecule has 2 aromatic rings. The zero-order chi connectivity index (χ0) is 14.7. The maximum absolute atomic E-state index is 11.1. The van der Waals surface area contributed by atoms with Crippen LogP contribution in [0, 0.1) is 24.0 Å². The van der Waals surface area contributed by atoms with Gasteiger partial charge in [-0.3, -0.25) is 15.5 Å². The van der Waals surface area contributed by atoms with E-state index in [9.17, 15) is 10.1 Å². The van der Waals surface area contributed by atoms with Crippen molar-refractivity contribution in [2.24, 2.45) is 5.84 Å². The zero-order valence-electron chi connectivity index (χ0n) is 11.0. The number of aryl methyl sites for hydroxylation is 2. The van der Waals surface area contributed by atoms with Crippen LogP contribution in [-0.4, -0.2) is 14.9 Å². The van der Waals surface area contributed by atoms with Gasteiger partial charge in [-0.15, -0.1) is 0 Å². The van der Waals surface area contributed by atoms with E-state index < -0.39 is 4.92 Å². The molecule has 1 heterocycles. The van der Waals surface area contributed by atoms with Crippen LogP contribution in [0.25, 0.3) is 0 Å². The Balaban J connectivity index is 2.45. The summed E-state index contributed by atoms with van der Waals surface area (Å²) in [5.41, 5.74) is 3.60. The topological polar surface area (TPSA) is 107 Å². The summed E-state index contributed by atoms with van der Waals surface area (Å²) >= 11 is 1.21. The quantitative estimate of drug-likeness (QED) is 0.385. The highest BCUT2D eigenvalue weighted by Gasteiger charge is 2.22. The van der Waals surface area contributed by atoms with Crippen molar-refractivity contribution in [3.8, 4) is 0 Å². The van der Waals surface area contributed by atoms with Crippen molar-refractivity contribution in [2.75, 3.05) is 5.43 Å². The molecule has 0 unspecified atom stereocenters. The van der Waals surface area contributed by atoms with Crippen molar-refractivity contribution in [1.29, 1.82) is 0 Å². The van der Waals surface area contributed by atoms with Crippen molar-refractivity contribution in [1.82, 2.24) is 9.97 Å². The molecule has 0 spiro atoms. The second-order valence-electron chi connectivity index (χ2n) is 4.10. The van der Waals surface area contributed by atoms with Crippen LogP contribution in [0.3, 0.4) is 0 Å². The Morgan fingerprint density at radius 1 is 1.25 bits per heavy atom. The summed E-state index contributed by atoms with van der Waals surface area (Å²) in [6.45, 7) is 3.53. The number of rotatable bonds is 4. The second-order valence-corrected chi connectivity index (χ2v) is 5.17. The number of hydrogen-bond donors (Lipinski definition) is 2. The molecular weight excluding hydrogens is 278 g/mol. The maximum atomic E-state index is 11.1. The van der Waals surface area contributed by atoms with Gasteiger partial charge < -0.3 is 0 Å². The fourth-order valence-electron chi connectivity index (χ4n) is 1.60. The maximum Gasteiger partial charge on any atom is 0.322 e. The first-order valence-electron chi connectivity index (χ1n) is 5.75. The summed E-state index contributed by atoms with van der Waals surface area (Å²) in [6.07, 6.45) is 0. The van der Waals surface area contributed by atoms with Crippen LogP contribution in [-0.2, 0) is 0 Å². The molecule has 0 saturated heterocycles. The molecule has 0 aliphatic rings. The number of hydrogen-bond acceptors (Lipinski definition) is 7. The molecule has 8 heteroatoms. The molecule has 0 atom stereocenters. The van der Waals surface area contributed by atoms with Crippen LogP contribution in [0.5, 0.6) is 0 Å². The predicted octanol–water partition coefficient (Wildman–Crippen LogP) is 2.44. The molecule has 2 rings (SSSR count). The van der Waals surface area contributed by atoms with Gasteiger partial charge in [0.1, 0.15) is 5.69 Å². The highest BCUT2D eigenvalue weighted by molar-refractivity contribution is 7.99. The molecule has 0 bridgehead atoms. The van der Waals surface area contributed by atoms with Crippen LogP contribution < -0.4 is 11.3 Å². The minimum atomic E-state index is -0.480. The molecule has 3 N–H and O–H groups in total. The van der Waals surface area contributed by atoms with E-state index in [4.69, 9.17) is 5.84 Å². The molecule has 0 aliphatic carbocycles. The third-order valence-corrected chi connectivity index (χ3v) is 3.56. The Morgan fingerprint density at radius 3 is 2.45 bits per heavy atom. The molecule has 0 amide bonds. The van der Waals surface area contributed by atoms with Gasteiger partial charge in [0, 0.05) is 4.90 Å². The van der Waals surface area contributed by atoms with Gasteiger partial charge >= 0.3 is 5.69 Å². The van der Waals surface area contributed by atoms with Crippen molar-refractivity contribution in [3.05, 3.63) is 45.6 Å². The lowest BCUT2D eigenvalue weighted by Crippen LogP contribution is -2.12. The number of nitrogens with two attached hydrogens (primary N) is 1. The number of hydrazine groups is 1. The molecule has 1 aromatic carbocycles. The van der Waals surface area contributed by atoms with E-state index in [1.54, 1.807) is 6.92 Å². The molecule has 7 nitrogen and oxygen atoms in total. The smallest absolute Gasteiger partial charge is 0.292 e. The highest BCUT2D eigenvalue weighted by atomic mass is 32.2. The highest BCUT2D eigenvalue weighted by Crippen LogP contribution is 2.35. The fraction of sp³-hybridized carbons (Fsp3) is 0.167. The Kier molecular flexibility index (Phi) is 4.16. The van der Waals surface area contributed by atoms with Crippen LogP contribution in [0.1, 0.15) is 11.3 Å². The van der Waals surface area contributed by atoms with Gasteiger partial charge in [-0.25, -0.2) is 10.8 Å². The van der Waals surface area contributed by atoms with Crippen molar-refractivity contribution in [3.63, 3.8) is 0 Å². The fourth-order valence-corrected chi connectivity index (χ4v) is 2.55. The molecule has 20 heavy (non-hydrogen) atoms. The van der Waals surface area contributed by atoms with Crippen molar-refractivity contribution >= 4 is 23.4 Å². The van der Waals surface area contributed by atoms with E-state index in [2.05, 4.69) is 15.4 Å². The van der Waals surface area contributed by atoms with Crippen LogP contribution >= 0.6 is 11.8 Å². The van der Waals surface area contributed by atoms with Crippen LogP contribution in [0.4, 0.5) is 11.6 Å². The van der Waals surface area contributed by atoms with Gasteiger partial charge in [-0.1, -0.05) is 29.5 Å². The van der Waals surface area contributed by atoms with E-state index in [0.717, 1.165) is 10.5 Å². The van der Waals surface area contributed by atoms with E-state index in [1.165, 1.54) is 11.8 Å². The Labute approximate surface area is 119 Å². The van der Waals surface area contributed by atoms with Gasteiger partial charge in [-0.2, -0.15) is 4.98 Å². The van der Waals surface area contributed by atoms with Gasteiger partial charge in [0.05, 0.1) is 4.92 Å². The molecule has 104 valence electrons. The van der Waals surface area contributed by atoms with Crippen LogP contribution in [0.15, 0.2) is 34.2 Å². The van der Waals surface area contributed by atoms with Gasteiger partial charge in [0.2, 0.25) is 5.95 Å². The number of benzene rings is 1. The third-order valence-electron chi connectivity index (χ3n) is 2.57. The largest absolute Gasteiger partial charge is 0.322 e. The number of anilines is 1. The summed E-state index contributed by atoms with van der Waals surface area (Å²) in [4.78, 5) is 19.5. The average molecular weight is 291 g/mol. The molecule has 0 saturated carbocycles. The molecule has 1 aromatic heterocycles. The Bertz CT molecular complexity index is 645. The van der Waals surface area contributed by atoms with Gasteiger partial charge in [0.15, 0.2) is 5.03 Å². The Morgan fingerprint density at radius 2 is 1.90 bits per heavy atom. The normalized spacial score (nSPS) is 10.3. The van der Waals surface area contributed by atoms with E-state index in [0.29, 0.717) is 0 Å². The summed E-state index contributed by atoms with van der Waals surface area (Å²) in [5.74, 6) is 5.43. The number of nitro groups is 1. The predicted molar refractivity (Wildman–Crippen MR) is 76.5 cm³/mol. The van der Waals surface area contributed by atoms with Crippen molar-refractivity contribution < 1.29 is 4.92 Å². The number of nitrogen functional groups attached to an aromatic ring is 1. The minimum absolute atomic E-state index is 0.102. The van der Waals surface area contributed by atoms with Gasteiger partial charge in [-0.05, 0) is 26.0 Å². The molecule has 0 aliphatic heterocycles. The lowest BCUT2D eigenvalue weighted by molar-refractivity contribution is -0.389. The number of nitrogens with one attached hydrogen (secondary N) is 1. The third kappa shape index (κ3) is 3.03. The minimum Gasteiger partial charge on any atom is -0.292 e. The number of nitrogens with zero attached hydrogens (tertiary/aromatic N) is 3. The first-order chi connectivity index (χ1) is 9.51. The standard InChI is InChI=1S/C12H13N5O2S/c1-7-3-5-9(6-4-7)20-11-10(17(18)19)8(2)14-12(15-11)16-13/h3-6H,13H2,1-2H3,(H,14,15,16). The molecule has 0 fully saturated rings. The molecular formula is C12H13N5O2S. The summed E-state index contributed by atoms with van der Waals surface area (Å²) < 4.78 is 0. The zero-order valence-corrected chi connectivity index (χ0v) is 11.8. The van der Waals surface area contributed by atoms with E-state index in [1.807, 2.05) is 31.2 Å².